The summed E-state index contributed by atoms with van der Waals surface area (Å²) in [6.45, 7) is 3.84. The van der Waals surface area contributed by atoms with Crippen LogP contribution in [0, 0.1) is 13.8 Å². The summed E-state index contributed by atoms with van der Waals surface area (Å²) in [5.74, 6) is -1.00. The summed E-state index contributed by atoms with van der Waals surface area (Å²) in [5, 5.41) is 0.655. The van der Waals surface area contributed by atoms with E-state index in [1.54, 1.807) is 35.7 Å². The molecular formula is C25H22N4O3S. The number of hydrazine groups is 1. The van der Waals surface area contributed by atoms with Crippen LogP contribution in [0.25, 0.3) is 22.3 Å². The number of carbonyl (C=O) groups excluding carboxylic acids is 3. The fraction of sp³-hybridized carbons (Fsp3) is 0.160. The molecule has 0 saturated heterocycles. The number of nitrogens with one attached hydrogen (secondary N) is 2. The molecule has 8 heteroatoms. The first-order valence-electron chi connectivity index (χ1n) is 10.4. The van der Waals surface area contributed by atoms with E-state index in [1.807, 2.05) is 50.2 Å². The highest BCUT2D eigenvalue weighted by Crippen LogP contribution is 2.24. The molecule has 33 heavy (non-hydrogen) atoms. The Bertz CT molecular complexity index is 1350. The van der Waals surface area contributed by atoms with Crippen LogP contribution in [0.15, 0.2) is 60.8 Å². The van der Waals surface area contributed by atoms with Gasteiger partial charge in [-0.3, -0.25) is 30.2 Å². The van der Waals surface area contributed by atoms with Gasteiger partial charge in [0.25, 0.3) is 5.91 Å². The molecule has 1 aromatic carbocycles. The number of thiophene rings is 1. The number of pyridine rings is 2. The maximum Gasteiger partial charge on any atom is 0.270 e. The number of rotatable bonds is 6. The van der Waals surface area contributed by atoms with Crippen molar-refractivity contribution in [3.8, 4) is 11.4 Å². The van der Waals surface area contributed by atoms with E-state index in [1.165, 1.54) is 0 Å². The first-order chi connectivity index (χ1) is 15.9. The molecule has 0 aliphatic rings. The molecule has 4 rings (SSSR count). The van der Waals surface area contributed by atoms with Gasteiger partial charge in [0.2, 0.25) is 5.91 Å². The van der Waals surface area contributed by atoms with E-state index < -0.39 is 11.8 Å². The first kappa shape index (κ1) is 22.3. The van der Waals surface area contributed by atoms with Crippen LogP contribution in [-0.2, 0) is 4.79 Å². The van der Waals surface area contributed by atoms with Crippen LogP contribution in [0.3, 0.4) is 0 Å². The third-order valence-electron chi connectivity index (χ3n) is 5.12. The van der Waals surface area contributed by atoms with Crippen molar-refractivity contribution in [3.05, 3.63) is 81.7 Å². The Kier molecular flexibility index (Phi) is 6.55. The third-order valence-corrected chi connectivity index (χ3v) is 6.09. The van der Waals surface area contributed by atoms with E-state index in [9.17, 15) is 14.4 Å². The molecule has 0 fully saturated rings. The lowest BCUT2D eigenvalue weighted by molar-refractivity contribution is -0.121. The van der Waals surface area contributed by atoms with Gasteiger partial charge < -0.3 is 0 Å². The summed E-state index contributed by atoms with van der Waals surface area (Å²) in [7, 11) is 0. The second-order valence-corrected chi connectivity index (χ2v) is 9.00. The summed E-state index contributed by atoms with van der Waals surface area (Å²) >= 11 is 1.56. The number of nitrogens with zero attached hydrogens (tertiary/aromatic N) is 2. The fourth-order valence-corrected chi connectivity index (χ4v) is 4.48. The number of carbonyl (C=O) groups is 3. The molecule has 0 spiro atoms. The van der Waals surface area contributed by atoms with Gasteiger partial charge in [-0.1, -0.05) is 24.3 Å². The van der Waals surface area contributed by atoms with Gasteiger partial charge in [0.15, 0.2) is 5.78 Å². The Morgan fingerprint density at radius 1 is 0.879 bits per heavy atom. The zero-order chi connectivity index (χ0) is 23.4. The molecule has 0 unspecified atom stereocenters. The Labute approximate surface area is 194 Å². The smallest absolute Gasteiger partial charge is 0.270 e. The molecule has 4 aromatic rings. The van der Waals surface area contributed by atoms with E-state index in [-0.39, 0.29) is 18.6 Å². The molecular weight excluding hydrogens is 436 g/mol. The minimum Gasteiger partial charge on any atom is -0.294 e. The Morgan fingerprint density at radius 2 is 1.67 bits per heavy atom. The van der Waals surface area contributed by atoms with Crippen molar-refractivity contribution in [2.45, 2.75) is 26.7 Å². The van der Waals surface area contributed by atoms with Gasteiger partial charge in [-0.15, -0.1) is 11.3 Å². The lowest BCUT2D eigenvalue weighted by atomic mass is 10.1. The van der Waals surface area contributed by atoms with Gasteiger partial charge in [0, 0.05) is 39.7 Å². The summed E-state index contributed by atoms with van der Waals surface area (Å²) in [4.78, 5) is 48.5. The van der Waals surface area contributed by atoms with Gasteiger partial charge in [-0.25, -0.2) is 4.98 Å². The van der Waals surface area contributed by atoms with Crippen molar-refractivity contribution in [1.29, 1.82) is 0 Å². The highest BCUT2D eigenvalue weighted by atomic mass is 32.1. The van der Waals surface area contributed by atoms with E-state index >= 15 is 0 Å². The number of ketones is 1. The molecule has 0 bridgehead atoms. The number of amides is 2. The number of Topliss-reactive ketones (excluding diaryl/α,β-unsaturated/α-hetero) is 1. The normalized spacial score (nSPS) is 10.7. The average molecular weight is 459 g/mol. The van der Waals surface area contributed by atoms with Gasteiger partial charge >= 0.3 is 0 Å². The molecule has 7 nitrogen and oxygen atoms in total. The SMILES string of the molecule is Cc1cc(C(=O)CCC(=O)NNC(=O)c2cc(-c3ccccn3)nc3ccccc23)c(C)s1. The molecule has 166 valence electrons. The van der Waals surface area contributed by atoms with Crippen LogP contribution in [0.5, 0.6) is 0 Å². The van der Waals surface area contributed by atoms with Gasteiger partial charge in [-0.2, -0.15) is 0 Å². The van der Waals surface area contributed by atoms with E-state index in [4.69, 9.17) is 0 Å². The zero-order valence-corrected chi connectivity index (χ0v) is 19.0. The molecule has 0 atom stereocenters. The summed E-state index contributed by atoms with van der Waals surface area (Å²) in [5.41, 5.74) is 7.71. The van der Waals surface area contributed by atoms with Crippen molar-refractivity contribution in [1.82, 2.24) is 20.8 Å². The summed E-state index contributed by atoms with van der Waals surface area (Å²) in [6, 6.07) is 16.2. The van der Waals surface area contributed by atoms with Crippen LogP contribution in [0.1, 0.15) is 43.3 Å². The number of fused-ring (bicyclic) bond motifs is 1. The van der Waals surface area contributed by atoms with Crippen LogP contribution in [-0.4, -0.2) is 27.6 Å². The van der Waals surface area contributed by atoms with Gasteiger partial charge in [-0.05, 0) is 44.2 Å². The van der Waals surface area contributed by atoms with E-state index in [0.717, 1.165) is 9.75 Å². The third kappa shape index (κ3) is 5.12. The van der Waals surface area contributed by atoms with Crippen LogP contribution < -0.4 is 10.9 Å². The first-order valence-corrected chi connectivity index (χ1v) is 11.2. The largest absolute Gasteiger partial charge is 0.294 e. The molecule has 0 radical (unpaired) electrons. The lowest BCUT2D eigenvalue weighted by Gasteiger charge is -2.11. The number of para-hydroxylation sites is 1. The summed E-state index contributed by atoms with van der Waals surface area (Å²) in [6.07, 6.45) is 1.71. The zero-order valence-electron chi connectivity index (χ0n) is 18.2. The molecule has 2 amide bonds. The number of hydrogen-bond acceptors (Lipinski definition) is 6. The molecule has 3 heterocycles. The van der Waals surface area contributed by atoms with Crippen molar-refractivity contribution < 1.29 is 14.4 Å². The second kappa shape index (κ2) is 9.70. The molecule has 0 saturated carbocycles. The van der Waals surface area contributed by atoms with Crippen molar-refractivity contribution in [2.75, 3.05) is 0 Å². The minimum atomic E-state index is -0.477. The molecule has 2 N–H and O–H groups in total. The van der Waals surface area contributed by atoms with Gasteiger partial charge in [0.1, 0.15) is 0 Å². The maximum absolute atomic E-state index is 12.9. The topological polar surface area (TPSA) is 101 Å². The van der Waals surface area contributed by atoms with Gasteiger partial charge in [0.05, 0.1) is 22.5 Å². The van der Waals surface area contributed by atoms with Crippen molar-refractivity contribution >= 4 is 39.8 Å². The predicted molar refractivity (Wildman–Crippen MR) is 128 cm³/mol. The average Bonchev–Trinajstić information content (AvgIpc) is 3.18. The highest BCUT2D eigenvalue weighted by Gasteiger charge is 2.17. The van der Waals surface area contributed by atoms with Crippen LogP contribution >= 0.6 is 11.3 Å². The standard InChI is InChI=1S/C25H22N4O3S/c1-15-13-18(16(2)33-15)23(30)10-11-24(31)28-29-25(32)19-14-22(21-9-5-6-12-26-21)27-20-8-4-3-7-17(19)20/h3-9,12-14H,10-11H2,1-2H3,(H,28,31)(H,29,32). The minimum absolute atomic E-state index is 0.0241. The number of aromatic nitrogens is 2. The lowest BCUT2D eigenvalue weighted by Crippen LogP contribution is -2.41. The Hall–Kier alpha value is -3.91. The number of hydrogen-bond donors (Lipinski definition) is 2. The Morgan fingerprint density at radius 3 is 2.39 bits per heavy atom. The summed E-state index contributed by atoms with van der Waals surface area (Å²) < 4.78 is 0. The number of aryl methyl sites for hydroxylation is 2. The highest BCUT2D eigenvalue weighted by molar-refractivity contribution is 7.12. The van der Waals surface area contributed by atoms with Crippen molar-refractivity contribution in [2.24, 2.45) is 0 Å². The fourth-order valence-electron chi connectivity index (χ4n) is 3.53. The monoisotopic (exact) mass is 458 g/mol. The predicted octanol–water partition coefficient (Wildman–Crippen LogP) is 4.40. The van der Waals surface area contributed by atoms with E-state index in [2.05, 4.69) is 20.8 Å². The molecule has 0 aliphatic carbocycles. The molecule has 0 aliphatic heterocycles. The maximum atomic E-state index is 12.9. The van der Waals surface area contributed by atoms with Crippen LogP contribution in [0.2, 0.25) is 0 Å². The van der Waals surface area contributed by atoms with Crippen LogP contribution in [0.4, 0.5) is 0 Å². The molecule has 3 aromatic heterocycles. The Balaban J connectivity index is 1.45. The van der Waals surface area contributed by atoms with E-state index in [0.29, 0.717) is 33.4 Å². The number of benzene rings is 1. The van der Waals surface area contributed by atoms with Crippen molar-refractivity contribution in [3.63, 3.8) is 0 Å². The quantitative estimate of drug-likeness (QED) is 0.329. The second-order valence-electron chi connectivity index (χ2n) is 7.54.